The molecule has 0 radical (unpaired) electrons. The molecule has 1 fully saturated rings. The number of hydrogen-bond donors (Lipinski definition) is 4. The van der Waals surface area contributed by atoms with Crippen molar-refractivity contribution in [1.82, 2.24) is 15.6 Å². The van der Waals surface area contributed by atoms with Crippen molar-refractivity contribution in [3.63, 3.8) is 0 Å². The maximum atomic E-state index is 13.3. The van der Waals surface area contributed by atoms with Crippen LogP contribution < -0.4 is 10.6 Å². The summed E-state index contributed by atoms with van der Waals surface area (Å²) >= 11 is 1.77. The molecule has 3 rings (SSSR count). The van der Waals surface area contributed by atoms with E-state index in [1.807, 2.05) is 19.2 Å². The van der Waals surface area contributed by atoms with Gasteiger partial charge < -0.3 is 20.7 Å². The van der Waals surface area contributed by atoms with Gasteiger partial charge in [-0.15, -0.1) is 0 Å². The third-order valence-corrected chi connectivity index (χ3v) is 5.61. The van der Waals surface area contributed by atoms with Gasteiger partial charge in [-0.05, 0) is 49.3 Å². The summed E-state index contributed by atoms with van der Waals surface area (Å²) in [6, 6.07) is 4.81. The van der Waals surface area contributed by atoms with Crippen LogP contribution in [0.1, 0.15) is 18.9 Å². The van der Waals surface area contributed by atoms with Crippen molar-refractivity contribution < 1.29 is 9.50 Å². The van der Waals surface area contributed by atoms with E-state index >= 15 is 0 Å². The lowest BCUT2D eigenvalue weighted by molar-refractivity contribution is 0.0778. The van der Waals surface area contributed by atoms with E-state index in [1.165, 1.54) is 12.1 Å². The van der Waals surface area contributed by atoms with Crippen LogP contribution in [0, 0.1) is 5.82 Å². The first-order valence-electron chi connectivity index (χ1n) is 8.67. The number of aromatic amines is 1. The van der Waals surface area contributed by atoms with E-state index in [4.69, 9.17) is 0 Å². The molecule has 1 atom stereocenters. The fraction of sp³-hybridized carbons (Fsp3) is 0.500. The lowest BCUT2D eigenvalue weighted by Crippen LogP contribution is -2.40. The molecule has 136 valence electrons. The second-order valence-electron chi connectivity index (χ2n) is 6.40. The van der Waals surface area contributed by atoms with Crippen LogP contribution in [0.25, 0.3) is 10.9 Å². The maximum Gasteiger partial charge on any atom is 0.191 e. The highest BCUT2D eigenvalue weighted by atomic mass is 32.2. The molecule has 0 amide bonds. The number of nitrogens with zero attached hydrogens (tertiary/aromatic N) is 1. The van der Waals surface area contributed by atoms with Crippen molar-refractivity contribution in [2.75, 3.05) is 31.1 Å². The van der Waals surface area contributed by atoms with Gasteiger partial charge in [0.15, 0.2) is 5.96 Å². The number of rotatable bonds is 6. The van der Waals surface area contributed by atoms with Crippen LogP contribution in [0.4, 0.5) is 4.39 Å². The third kappa shape index (κ3) is 4.67. The topological polar surface area (TPSA) is 72.4 Å². The number of fused-ring (bicyclic) bond motifs is 1. The number of aliphatic hydroxyl groups is 1. The average Bonchev–Trinajstić information content (AvgIpc) is 3.19. The molecule has 1 unspecified atom stereocenters. The van der Waals surface area contributed by atoms with E-state index in [0.29, 0.717) is 13.1 Å². The molecule has 4 N–H and O–H groups in total. The molecule has 2 heterocycles. The lowest BCUT2D eigenvalue weighted by atomic mass is 10.1. The van der Waals surface area contributed by atoms with Crippen molar-refractivity contribution >= 4 is 28.6 Å². The molecule has 1 aliphatic heterocycles. The minimum atomic E-state index is -0.673. The van der Waals surface area contributed by atoms with Crippen LogP contribution in [-0.2, 0) is 6.42 Å². The summed E-state index contributed by atoms with van der Waals surface area (Å²) in [6.45, 7) is 3.92. The van der Waals surface area contributed by atoms with Crippen molar-refractivity contribution in [3.05, 3.63) is 35.8 Å². The molecule has 0 spiro atoms. The predicted octanol–water partition coefficient (Wildman–Crippen LogP) is 2.27. The normalized spacial score (nSPS) is 21.0. The Morgan fingerprint density at radius 3 is 3.08 bits per heavy atom. The van der Waals surface area contributed by atoms with Crippen molar-refractivity contribution in [3.8, 4) is 0 Å². The Labute approximate surface area is 151 Å². The quantitative estimate of drug-likeness (QED) is 0.469. The van der Waals surface area contributed by atoms with E-state index in [2.05, 4.69) is 20.6 Å². The number of hydrogen-bond acceptors (Lipinski definition) is 3. The zero-order valence-electron chi connectivity index (χ0n) is 14.4. The number of H-pyrrole nitrogens is 1. The Morgan fingerprint density at radius 1 is 1.44 bits per heavy atom. The molecular formula is C18H25FN4OS. The van der Waals surface area contributed by atoms with Gasteiger partial charge in [0.2, 0.25) is 0 Å². The number of halogens is 1. The number of thioether (sulfide) groups is 1. The van der Waals surface area contributed by atoms with Crippen molar-refractivity contribution in [1.29, 1.82) is 0 Å². The van der Waals surface area contributed by atoms with Gasteiger partial charge in [0.25, 0.3) is 0 Å². The SMILES string of the molecule is CCNC(=NCC1(O)CCSC1)NCCc1c[nH]c2cc(F)ccc12. The van der Waals surface area contributed by atoms with Crippen LogP contribution in [0.15, 0.2) is 29.4 Å². The van der Waals surface area contributed by atoms with Gasteiger partial charge >= 0.3 is 0 Å². The van der Waals surface area contributed by atoms with E-state index in [9.17, 15) is 9.50 Å². The van der Waals surface area contributed by atoms with Gasteiger partial charge in [-0.1, -0.05) is 0 Å². The van der Waals surface area contributed by atoms with Crippen molar-refractivity contribution in [2.24, 2.45) is 4.99 Å². The highest BCUT2D eigenvalue weighted by Crippen LogP contribution is 2.27. The number of guanidine groups is 1. The Morgan fingerprint density at radius 2 is 2.32 bits per heavy atom. The number of aromatic nitrogens is 1. The molecule has 2 aromatic rings. The number of benzene rings is 1. The van der Waals surface area contributed by atoms with Gasteiger partial charge in [-0.2, -0.15) is 11.8 Å². The molecule has 25 heavy (non-hydrogen) atoms. The van der Waals surface area contributed by atoms with Crippen LogP contribution in [0.5, 0.6) is 0 Å². The Hall–Kier alpha value is -1.73. The summed E-state index contributed by atoms with van der Waals surface area (Å²) in [5.41, 5.74) is 1.29. The van der Waals surface area contributed by atoms with Gasteiger partial charge in [-0.3, -0.25) is 4.99 Å². The van der Waals surface area contributed by atoms with Crippen LogP contribution >= 0.6 is 11.8 Å². The van der Waals surface area contributed by atoms with Gasteiger partial charge in [0.05, 0.1) is 12.1 Å². The fourth-order valence-corrected chi connectivity index (χ4v) is 4.25. The molecule has 7 heteroatoms. The first-order valence-corrected chi connectivity index (χ1v) is 9.83. The summed E-state index contributed by atoms with van der Waals surface area (Å²) in [7, 11) is 0. The van der Waals surface area contributed by atoms with Gasteiger partial charge in [0.1, 0.15) is 5.82 Å². The predicted molar refractivity (Wildman–Crippen MR) is 103 cm³/mol. The highest BCUT2D eigenvalue weighted by Gasteiger charge is 2.31. The maximum absolute atomic E-state index is 13.3. The molecule has 0 bridgehead atoms. The second-order valence-corrected chi connectivity index (χ2v) is 7.51. The number of aliphatic imine (C=N–C) groups is 1. The standard InChI is InChI=1S/C18H25FN4OS/c1-2-20-17(23-11-18(24)6-8-25-12-18)21-7-5-13-10-22-16-9-14(19)3-4-15(13)16/h3-4,9-10,22,24H,2,5-8,11-12H2,1H3,(H2,20,21,23). The van der Waals surface area contributed by atoms with E-state index < -0.39 is 5.60 Å². The van der Waals surface area contributed by atoms with Crippen LogP contribution in [0.2, 0.25) is 0 Å². The summed E-state index contributed by atoms with van der Waals surface area (Å²) in [5.74, 6) is 2.24. The van der Waals surface area contributed by atoms with E-state index in [1.54, 1.807) is 11.8 Å². The van der Waals surface area contributed by atoms with E-state index in [0.717, 1.165) is 53.3 Å². The smallest absolute Gasteiger partial charge is 0.191 e. The Kier molecular flexibility index (Phi) is 5.86. The first kappa shape index (κ1) is 18.1. The molecule has 1 aromatic carbocycles. The molecule has 1 aliphatic rings. The Balaban J connectivity index is 1.57. The summed E-state index contributed by atoms with van der Waals surface area (Å²) in [5, 5.41) is 18.0. The lowest BCUT2D eigenvalue weighted by Gasteiger charge is -2.19. The molecule has 0 saturated carbocycles. The molecule has 1 saturated heterocycles. The number of nitrogens with one attached hydrogen (secondary N) is 3. The highest BCUT2D eigenvalue weighted by molar-refractivity contribution is 7.99. The monoisotopic (exact) mass is 364 g/mol. The van der Waals surface area contributed by atoms with Crippen LogP contribution in [0.3, 0.4) is 0 Å². The molecule has 1 aromatic heterocycles. The summed E-state index contributed by atoms with van der Waals surface area (Å²) < 4.78 is 13.3. The summed E-state index contributed by atoms with van der Waals surface area (Å²) in [6.07, 6.45) is 3.52. The third-order valence-electron chi connectivity index (χ3n) is 4.37. The Bertz CT molecular complexity index is 740. The van der Waals surface area contributed by atoms with E-state index in [-0.39, 0.29) is 5.82 Å². The zero-order chi connectivity index (χ0) is 17.7. The first-order chi connectivity index (χ1) is 12.1. The fourth-order valence-electron chi connectivity index (χ4n) is 2.97. The van der Waals surface area contributed by atoms with Crippen molar-refractivity contribution in [2.45, 2.75) is 25.4 Å². The average molecular weight is 364 g/mol. The molecular weight excluding hydrogens is 339 g/mol. The molecule has 0 aliphatic carbocycles. The summed E-state index contributed by atoms with van der Waals surface area (Å²) in [4.78, 5) is 7.64. The van der Waals surface area contributed by atoms with Crippen LogP contribution in [-0.4, -0.2) is 52.8 Å². The van der Waals surface area contributed by atoms with Gasteiger partial charge in [-0.25, -0.2) is 4.39 Å². The van der Waals surface area contributed by atoms with Gasteiger partial charge in [0, 0.05) is 35.9 Å². The largest absolute Gasteiger partial charge is 0.387 e. The second kappa shape index (κ2) is 8.10. The zero-order valence-corrected chi connectivity index (χ0v) is 15.3. The minimum absolute atomic E-state index is 0.233. The minimum Gasteiger partial charge on any atom is -0.387 e. The molecule has 5 nitrogen and oxygen atoms in total.